The van der Waals surface area contributed by atoms with Crippen molar-refractivity contribution in [1.82, 2.24) is 15.0 Å². The minimum absolute atomic E-state index is 0.453. The minimum Gasteiger partial charge on any atom is -0.340 e. The molecule has 98 valence electrons. The molecule has 0 saturated heterocycles. The summed E-state index contributed by atoms with van der Waals surface area (Å²) in [6.45, 7) is 0. The third kappa shape index (κ3) is 2.70. The summed E-state index contributed by atoms with van der Waals surface area (Å²) in [7, 11) is 0. The zero-order valence-electron chi connectivity index (χ0n) is 9.58. The van der Waals surface area contributed by atoms with Gasteiger partial charge in [0.1, 0.15) is 10.3 Å². The predicted octanol–water partition coefficient (Wildman–Crippen LogP) is 5.15. The minimum atomic E-state index is 0.453. The van der Waals surface area contributed by atoms with Crippen molar-refractivity contribution >= 4 is 51.3 Å². The van der Waals surface area contributed by atoms with Crippen LogP contribution in [0, 0.1) is 4.64 Å². The van der Waals surface area contributed by atoms with Crippen LogP contribution in [-0.2, 0) is 0 Å². The Morgan fingerprint density at radius 2 is 2.11 bits per heavy atom. The van der Waals surface area contributed by atoms with Crippen LogP contribution in [0.1, 0.15) is 24.5 Å². The molecule has 7 heteroatoms. The Balaban J connectivity index is 2.17. The highest BCUT2D eigenvalue weighted by Crippen LogP contribution is 2.43. The van der Waals surface area contributed by atoms with Crippen molar-refractivity contribution in [2.24, 2.45) is 0 Å². The summed E-state index contributed by atoms with van der Waals surface area (Å²) in [5, 5.41) is 0.946. The molecule has 3 rings (SSSR count). The van der Waals surface area contributed by atoms with Crippen LogP contribution in [0.2, 0.25) is 10.0 Å². The third-order valence-electron chi connectivity index (χ3n) is 2.91. The largest absolute Gasteiger partial charge is 0.340 e. The molecule has 0 atom stereocenters. The first-order chi connectivity index (χ1) is 9.06. The van der Waals surface area contributed by atoms with Crippen molar-refractivity contribution in [3.63, 3.8) is 0 Å². The molecule has 1 fully saturated rings. The average Bonchev–Trinajstić information content (AvgIpc) is 3.17. The maximum atomic E-state index is 6.15. The van der Waals surface area contributed by atoms with E-state index in [0.717, 1.165) is 23.0 Å². The van der Waals surface area contributed by atoms with Crippen molar-refractivity contribution in [2.75, 3.05) is 0 Å². The van der Waals surface area contributed by atoms with Gasteiger partial charge in [0, 0.05) is 17.8 Å². The van der Waals surface area contributed by atoms with Crippen LogP contribution in [0.3, 0.4) is 0 Å². The quantitative estimate of drug-likeness (QED) is 0.737. The Bertz CT molecular complexity index is 713. The molecule has 0 radical (unpaired) electrons. The number of aromatic nitrogens is 3. The number of hydrogen-bond acceptors (Lipinski definition) is 3. The smallest absolute Gasteiger partial charge is 0.159 e. The van der Waals surface area contributed by atoms with E-state index in [-0.39, 0.29) is 0 Å². The fourth-order valence-electron chi connectivity index (χ4n) is 1.83. The van der Waals surface area contributed by atoms with Gasteiger partial charge in [-0.05, 0) is 34.8 Å². The molecule has 0 aromatic carbocycles. The van der Waals surface area contributed by atoms with E-state index in [9.17, 15) is 0 Å². The summed E-state index contributed by atoms with van der Waals surface area (Å²) < 4.78 is 1.38. The first kappa shape index (κ1) is 13.5. The average molecular weight is 377 g/mol. The fourth-order valence-corrected chi connectivity index (χ4v) is 3.01. The highest BCUT2D eigenvalue weighted by molar-refractivity contribution is 9.10. The van der Waals surface area contributed by atoms with Crippen molar-refractivity contribution in [1.29, 1.82) is 0 Å². The van der Waals surface area contributed by atoms with Crippen LogP contribution < -0.4 is 0 Å². The first-order valence-corrected chi connectivity index (χ1v) is 7.63. The van der Waals surface area contributed by atoms with E-state index in [2.05, 4.69) is 30.9 Å². The summed E-state index contributed by atoms with van der Waals surface area (Å²) in [5.74, 6) is 1.10. The number of nitrogens with one attached hydrogen (secondary N) is 1. The van der Waals surface area contributed by atoms with Gasteiger partial charge in [-0.1, -0.05) is 35.4 Å². The standard InChI is InChI=1S/C12H8BrCl2N3S/c13-8-9(5-1-2-5)17-11(18-12(8)19)10-7(15)3-6(14)4-16-10/h3-5H,1-2H2,(H,17,18,19). The van der Waals surface area contributed by atoms with Crippen LogP contribution in [0.5, 0.6) is 0 Å². The SMILES string of the molecule is S=c1nc(-c2ncc(Cl)cc2Cl)[nH]c(C2CC2)c1Br. The maximum absolute atomic E-state index is 6.15. The topological polar surface area (TPSA) is 41.6 Å². The monoisotopic (exact) mass is 375 g/mol. The normalized spacial score (nSPS) is 14.7. The maximum Gasteiger partial charge on any atom is 0.159 e. The zero-order valence-corrected chi connectivity index (χ0v) is 13.5. The van der Waals surface area contributed by atoms with Gasteiger partial charge in [-0.2, -0.15) is 0 Å². The Hall–Kier alpha value is -0.490. The summed E-state index contributed by atoms with van der Waals surface area (Å²) in [6.07, 6.45) is 3.87. The second kappa shape index (κ2) is 5.13. The lowest BCUT2D eigenvalue weighted by atomic mass is 10.2. The molecule has 2 heterocycles. The third-order valence-corrected chi connectivity index (χ3v) is 4.76. The van der Waals surface area contributed by atoms with Crippen LogP contribution >= 0.6 is 51.3 Å². The highest BCUT2D eigenvalue weighted by Gasteiger charge is 2.28. The predicted molar refractivity (Wildman–Crippen MR) is 82.3 cm³/mol. The number of rotatable bonds is 2. The number of halogens is 3. The van der Waals surface area contributed by atoms with Gasteiger partial charge >= 0.3 is 0 Å². The molecule has 19 heavy (non-hydrogen) atoms. The van der Waals surface area contributed by atoms with E-state index in [4.69, 9.17) is 35.4 Å². The van der Waals surface area contributed by atoms with Gasteiger partial charge in [-0.25, -0.2) is 9.97 Å². The number of hydrogen-bond donors (Lipinski definition) is 1. The molecule has 2 aromatic rings. The van der Waals surface area contributed by atoms with E-state index >= 15 is 0 Å². The van der Waals surface area contributed by atoms with E-state index < -0.39 is 0 Å². The number of nitrogens with zero attached hydrogens (tertiary/aromatic N) is 2. The molecule has 1 aliphatic rings. The second-order valence-electron chi connectivity index (χ2n) is 4.38. The Morgan fingerprint density at radius 3 is 2.74 bits per heavy atom. The Kier molecular flexibility index (Phi) is 3.64. The molecule has 2 aromatic heterocycles. The van der Waals surface area contributed by atoms with Gasteiger partial charge in [0.15, 0.2) is 5.82 Å². The number of pyridine rings is 1. The van der Waals surface area contributed by atoms with Gasteiger partial charge in [0.25, 0.3) is 0 Å². The van der Waals surface area contributed by atoms with Gasteiger partial charge < -0.3 is 4.98 Å². The molecule has 0 spiro atoms. The lowest BCUT2D eigenvalue weighted by Crippen LogP contribution is -1.99. The summed E-state index contributed by atoms with van der Waals surface area (Å²) in [4.78, 5) is 11.8. The number of aromatic amines is 1. The van der Waals surface area contributed by atoms with E-state index in [1.165, 1.54) is 0 Å². The molecule has 3 nitrogen and oxygen atoms in total. The van der Waals surface area contributed by atoms with Crippen LogP contribution in [0.15, 0.2) is 16.7 Å². The lowest BCUT2D eigenvalue weighted by molar-refractivity contribution is 0.967. The first-order valence-electron chi connectivity index (χ1n) is 5.67. The Labute approximate surface area is 133 Å². The number of H-pyrrole nitrogens is 1. The molecule has 1 aliphatic carbocycles. The molecular formula is C12H8BrCl2N3S. The van der Waals surface area contributed by atoms with Crippen LogP contribution in [-0.4, -0.2) is 15.0 Å². The molecule has 0 aliphatic heterocycles. The fraction of sp³-hybridized carbons (Fsp3) is 0.250. The second-order valence-corrected chi connectivity index (χ2v) is 6.40. The molecule has 0 bridgehead atoms. The van der Waals surface area contributed by atoms with Gasteiger partial charge in [-0.15, -0.1) is 0 Å². The molecular weight excluding hydrogens is 369 g/mol. The summed E-state index contributed by atoms with van der Waals surface area (Å²) in [5.41, 5.74) is 1.63. The molecule has 0 unspecified atom stereocenters. The molecule has 0 amide bonds. The van der Waals surface area contributed by atoms with Gasteiger partial charge in [-0.3, -0.25) is 0 Å². The van der Waals surface area contributed by atoms with E-state index in [1.807, 2.05) is 0 Å². The van der Waals surface area contributed by atoms with Crippen molar-refractivity contribution in [2.45, 2.75) is 18.8 Å². The van der Waals surface area contributed by atoms with E-state index in [0.29, 0.717) is 32.1 Å². The lowest BCUT2D eigenvalue weighted by Gasteiger charge is -2.08. The van der Waals surface area contributed by atoms with E-state index in [1.54, 1.807) is 12.3 Å². The van der Waals surface area contributed by atoms with Crippen LogP contribution in [0.25, 0.3) is 11.5 Å². The van der Waals surface area contributed by atoms with Gasteiger partial charge in [0.2, 0.25) is 0 Å². The Morgan fingerprint density at radius 1 is 1.37 bits per heavy atom. The van der Waals surface area contributed by atoms with Crippen molar-refractivity contribution in [3.05, 3.63) is 37.1 Å². The van der Waals surface area contributed by atoms with Crippen molar-refractivity contribution in [3.8, 4) is 11.5 Å². The van der Waals surface area contributed by atoms with Gasteiger partial charge in [0.05, 0.1) is 14.5 Å². The zero-order chi connectivity index (χ0) is 13.6. The molecule has 1 N–H and O–H groups in total. The molecule has 1 saturated carbocycles. The van der Waals surface area contributed by atoms with Crippen molar-refractivity contribution < 1.29 is 0 Å². The summed E-state index contributed by atoms with van der Waals surface area (Å²) in [6, 6.07) is 1.64. The highest BCUT2D eigenvalue weighted by atomic mass is 79.9. The van der Waals surface area contributed by atoms with Crippen LogP contribution in [0.4, 0.5) is 0 Å². The summed E-state index contributed by atoms with van der Waals surface area (Å²) >= 11 is 20.8.